The molecule has 1 aromatic rings. The minimum absolute atomic E-state index is 0.210. The first-order valence-corrected chi connectivity index (χ1v) is 9.80. The van der Waals surface area contributed by atoms with Crippen LogP contribution in [-0.4, -0.2) is 49.2 Å². The van der Waals surface area contributed by atoms with E-state index in [9.17, 15) is 4.79 Å². The first kappa shape index (κ1) is 18.8. The van der Waals surface area contributed by atoms with Crippen LogP contribution in [0.2, 0.25) is 0 Å². The van der Waals surface area contributed by atoms with Crippen molar-refractivity contribution < 1.29 is 14.3 Å². The van der Waals surface area contributed by atoms with E-state index in [0.29, 0.717) is 13.0 Å². The molecule has 1 saturated heterocycles. The van der Waals surface area contributed by atoms with Gasteiger partial charge >= 0.3 is 0 Å². The molecule has 3 rings (SSSR count). The first-order chi connectivity index (χ1) is 12.6. The van der Waals surface area contributed by atoms with Crippen molar-refractivity contribution in [2.45, 2.75) is 39.3 Å². The number of benzene rings is 1. The Morgan fingerprint density at radius 2 is 2.23 bits per heavy atom. The predicted molar refractivity (Wildman–Crippen MR) is 103 cm³/mol. The molecule has 0 saturated carbocycles. The summed E-state index contributed by atoms with van der Waals surface area (Å²) < 4.78 is 11.7. The highest BCUT2D eigenvalue weighted by Gasteiger charge is 2.25. The summed E-state index contributed by atoms with van der Waals surface area (Å²) in [6.07, 6.45) is 1.49. The Morgan fingerprint density at radius 3 is 3.00 bits per heavy atom. The van der Waals surface area contributed by atoms with Crippen molar-refractivity contribution >= 4 is 27.8 Å². The van der Waals surface area contributed by atoms with Gasteiger partial charge in [-0.3, -0.25) is 4.79 Å². The summed E-state index contributed by atoms with van der Waals surface area (Å²) >= 11 is 3.51. The van der Waals surface area contributed by atoms with E-state index in [-0.39, 0.29) is 18.7 Å². The summed E-state index contributed by atoms with van der Waals surface area (Å²) in [6, 6.07) is 4.18. The van der Waals surface area contributed by atoms with Gasteiger partial charge in [-0.2, -0.15) is 0 Å². The fourth-order valence-corrected chi connectivity index (χ4v) is 3.73. The number of carbonyl (C=O) groups is 1. The van der Waals surface area contributed by atoms with Gasteiger partial charge in [0.2, 0.25) is 12.7 Å². The SMILES string of the molecule is CCNC(=NCc1cc(Br)c2c(c1)OCO2)NC1CCN(C(=O)CC)C1. The number of guanidine groups is 1. The number of hydrogen-bond donors (Lipinski definition) is 2. The van der Waals surface area contributed by atoms with Crippen LogP contribution in [-0.2, 0) is 11.3 Å². The number of nitrogens with one attached hydrogen (secondary N) is 2. The highest BCUT2D eigenvalue weighted by Crippen LogP contribution is 2.40. The van der Waals surface area contributed by atoms with Gasteiger partial charge in [0, 0.05) is 32.1 Å². The molecule has 142 valence electrons. The number of carbonyl (C=O) groups excluding carboxylic acids is 1. The third-order valence-corrected chi connectivity index (χ3v) is 5.02. The molecule has 1 aromatic carbocycles. The standard InChI is InChI=1S/C18H25BrN4O3/c1-3-16(24)23-6-5-13(10-23)22-18(20-4-2)21-9-12-7-14(19)17-15(8-12)25-11-26-17/h7-8,13H,3-6,9-11H2,1-2H3,(H2,20,21,22). The summed E-state index contributed by atoms with van der Waals surface area (Å²) in [4.78, 5) is 18.4. The maximum Gasteiger partial charge on any atom is 0.231 e. The fourth-order valence-electron chi connectivity index (χ4n) is 3.12. The lowest BCUT2D eigenvalue weighted by Gasteiger charge is -2.18. The monoisotopic (exact) mass is 424 g/mol. The van der Waals surface area contributed by atoms with E-state index in [1.165, 1.54) is 0 Å². The predicted octanol–water partition coefficient (Wildman–Crippen LogP) is 2.24. The van der Waals surface area contributed by atoms with Crippen LogP contribution in [0.3, 0.4) is 0 Å². The Kier molecular flexibility index (Phi) is 6.24. The van der Waals surface area contributed by atoms with E-state index in [1.54, 1.807) is 0 Å². The second-order valence-corrected chi connectivity index (χ2v) is 7.18. The number of ether oxygens (including phenoxy) is 2. The number of amides is 1. The van der Waals surface area contributed by atoms with Gasteiger partial charge < -0.3 is 25.0 Å². The Labute approximate surface area is 162 Å². The molecule has 0 bridgehead atoms. The Hall–Kier alpha value is -1.96. The van der Waals surface area contributed by atoms with Gasteiger partial charge in [-0.15, -0.1) is 0 Å². The maximum atomic E-state index is 11.8. The van der Waals surface area contributed by atoms with Crippen LogP contribution in [0.25, 0.3) is 0 Å². The van der Waals surface area contributed by atoms with E-state index in [1.807, 2.05) is 30.9 Å². The molecule has 1 unspecified atom stereocenters. The molecule has 0 radical (unpaired) electrons. The molecule has 2 N–H and O–H groups in total. The zero-order valence-corrected chi connectivity index (χ0v) is 16.8. The largest absolute Gasteiger partial charge is 0.454 e. The van der Waals surface area contributed by atoms with Crippen LogP contribution in [0.1, 0.15) is 32.3 Å². The number of fused-ring (bicyclic) bond motifs is 1. The van der Waals surface area contributed by atoms with Gasteiger partial charge in [0.05, 0.1) is 11.0 Å². The highest BCUT2D eigenvalue weighted by molar-refractivity contribution is 9.10. The van der Waals surface area contributed by atoms with Crippen LogP contribution in [0.15, 0.2) is 21.6 Å². The molecular formula is C18H25BrN4O3. The maximum absolute atomic E-state index is 11.8. The molecule has 26 heavy (non-hydrogen) atoms. The van der Waals surface area contributed by atoms with E-state index in [4.69, 9.17) is 9.47 Å². The highest BCUT2D eigenvalue weighted by atomic mass is 79.9. The second-order valence-electron chi connectivity index (χ2n) is 6.33. The zero-order chi connectivity index (χ0) is 18.5. The number of nitrogens with zero attached hydrogens (tertiary/aromatic N) is 2. The molecule has 2 aliphatic heterocycles. The number of rotatable bonds is 5. The molecule has 0 aromatic heterocycles. The topological polar surface area (TPSA) is 75.2 Å². The van der Waals surface area contributed by atoms with Crippen molar-refractivity contribution in [1.82, 2.24) is 15.5 Å². The van der Waals surface area contributed by atoms with E-state index < -0.39 is 0 Å². The Morgan fingerprint density at radius 1 is 1.38 bits per heavy atom. The van der Waals surface area contributed by atoms with Crippen LogP contribution in [0, 0.1) is 0 Å². The molecule has 7 nitrogen and oxygen atoms in total. The van der Waals surface area contributed by atoms with Crippen LogP contribution in [0.4, 0.5) is 0 Å². The van der Waals surface area contributed by atoms with Crippen molar-refractivity contribution in [3.05, 3.63) is 22.2 Å². The average Bonchev–Trinajstić information content (AvgIpc) is 3.28. The van der Waals surface area contributed by atoms with Gasteiger partial charge in [-0.25, -0.2) is 4.99 Å². The molecule has 1 amide bonds. The summed E-state index contributed by atoms with van der Waals surface area (Å²) in [7, 11) is 0. The summed E-state index contributed by atoms with van der Waals surface area (Å²) in [5.41, 5.74) is 1.03. The second kappa shape index (κ2) is 8.62. The van der Waals surface area contributed by atoms with Gasteiger partial charge in [0.25, 0.3) is 0 Å². The van der Waals surface area contributed by atoms with E-state index >= 15 is 0 Å². The van der Waals surface area contributed by atoms with Gasteiger partial charge in [-0.1, -0.05) is 6.92 Å². The normalized spacial score (nSPS) is 19.0. The minimum Gasteiger partial charge on any atom is -0.454 e. The van der Waals surface area contributed by atoms with Gasteiger partial charge in [-0.05, 0) is 47.0 Å². The van der Waals surface area contributed by atoms with Crippen LogP contribution < -0.4 is 20.1 Å². The summed E-state index contributed by atoms with van der Waals surface area (Å²) in [5, 5.41) is 6.71. The first-order valence-electron chi connectivity index (χ1n) is 9.01. The molecule has 2 aliphatic rings. The molecular weight excluding hydrogens is 400 g/mol. The van der Waals surface area contributed by atoms with E-state index in [0.717, 1.165) is 53.5 Å². The lowest BCUT2D eigenvalue weighted by Crippen LogP contribution is -2.45. The third-order valence-electron chi connectivity index (χ3n) is 4.44. The fraction of sp³-hybridized carbons (Fsp3) is 0.556. The molecule has 1 fully saturated rings. The lowest BCUT2D eigenvalue weighted by molar-refractivity contribution is -0.129. The number of hydrogen-bond acceptors (Lipinski definition) is 4. The van der Waals surface area contributed by atoms with Crippen molar-refractivity contribution in [2.75, 3.05) is 26.4 Å². The third kappa shape index (κ3) is 4.41. The van der Waals surface area contributed by atoms with Gasteiger partial charge in [0.15, 0.2) is 17.5 Å². The van der Waals surface area contributed by atoms with Crippen molar-refractivity contribution in [1.29, 1.82) is 0 Å². The zero-order valence-electron chi connectivity index (χ0n) is 15.2. The number of aliphatic imine (C=N–C) groups is 1. The van der Waals surface area contributed by atoms with E-state index in [2.05, 4.69) is 31.6 Å². The van der Waals surface area contributed by atoms with Crippen LogP contribution >= 0.6 is 15.9 Å². The average molecular weight is 425 g/mol. The minimum atomic E-state index is 0.210. The number of likely N-dealkylation sites (tertiary alicyclic amines) is 1. The molecule has 2 heterocycles. The van der Waals surface area contributed by atoms with Gasteiger partial charge in [0.1, 0.15) is 0 Å². The summed E-state index contributed by atoms with van der Waals surface area (Å²) in [6.45, 7) is 7.02. The van der Waals surface area contributed by atoms with Crippen LogP contribution in [0.5, 0.6) is 11.5 Å². The smallest absolute Gasteiger partial charge is 0.231 e. The summed E-state index contributed by atoms with van der Waals surface area (Å²) in [5.74, 6) is 2.46. The molecule has 0 aliphatic carbocycles. The van der Waals surface area contributed by atoms with Crippen molar-refractivity contribution in [2.24, 2.45) is 4.99 Å². The molecule has 8 heteroatoms. The van der Waals surface area contributed by atoms with Crippen molar-refractivity contribution in [3.8, 4) is 11.5 Å². The lowest BCUT2D eigenvalue weighted by atomic mass is 10.2. The Balaban J connectivity index is 1.63. The number of halogens is 1. The molecule has 0 spiro atoms. The molecule has 1 atom stereocenters. The Bertz CT molecular complexity index is 695. The quantitative estimate of drug-likeness (QED) is 0.559. The van der Waals surface area contributed by atoms with Crippen molar-refractivity contribution in [3.63, 3.8) is 0 Å².